The largest absolute Gasteiger partial charge is 1.00 e. The zero-order valence-corrected chi connectivity index (χ0v) is 48.7. The first-order valence-corrected chi connectivity index (χ1v) is 29.1. The minimum Gasteiger partial charge on any atom is -1.00 e. The van der Waals surface area contributed by atoms with Crippen molar-refractivity contribution in [2.24, 2.45) is 19.1 Å². The van der Waals surface area contributed by atoms with E-state index in [2.05, 4.69) is 227 Å². The van der Waals surface area contributed by atoms with Crippen LogP contribution in [0.5, 0.6) is 0 Å². The van der Waals surface area contributed by atoms with E-state index in [9.17, 15) is 0 Å². The van der Waals surface area contributed by atoms with E-state index in [0.717, 1.165) is 50.3 Å². The van der Waals surface area contributed by atoms with Crippen LogP contribution in [0.3, 0.4) is 0 Å². The molecule has 0 radical (unpaired) electrons. The maximum atomic E-state index is 6.46. The van der Waals surface area contributed by atoms with Crippen molar-refractivity contribution in [2.45, 2.75) is 48.3 Å². The van der Waals surface area contributed by atoms with Crippen LogP contribution in [0, 0.1) is 0 Å². The van der Waals surface area contributed by atoms with E-state index in [4.69, 9.17) is 19.1 Å². The molecule has 4 heterocycles. The van der Waals surface area contributed by atoms with Gasteiger partial charge in [0.1, 0.15) is 44.5 Å². The second kappa shape index (κ2) is 21.5. The van der Waals surface area contributed by atoms with E-state index in [-0.39, 0.29) is 12.4 Å². The number of halogens is 1. The van der Waals surface area contributed by atoms with Gasteiger partial charge in [0.05, 0.1) is 0 Å². The summed E-state index contributed by atoms with van der Waals surface area (Å²) in [6, 6.07) is 0. The topological polar surface area (TPSA) is 88.3 Å². The minimum absolute atomic E-state index is 0. The van der Waals surface area contributed by atoms with Crippen LogP contribution in [0.2, 0.25) is 0 Å². The molecule has 4 fully saturated rings. The third kappa shape index (κ3) is 9.76. The summed E-state index contributed by atoms with van der Waals surface area (Å²) in [5.41, 5.74) is 2.98. The molecule has 0 aromatic carbocycles. The molecule has 0 bridgehead atoms. The molecule has 4 aliphatic rings. The van der Waals surface area contributed by atoms with Gasteiger partial charge >= 0.3 is 7.87 Å². The Morgan fingerprint density at radius 2 is 0.452 bits per heavy atom. The third-order valence-electron chi connectivity index (χ3n) is 13.9. The van der Waals surface area contributed by atoms with Gasteiger partial charge in [-0.05, 0) is 219 Å². The van der Waals surface area contributed by atoms with Crippen molar-refractivity contribution in [2.75, 3.05) is 194 Å². The lowest BCUT2D eigenvalue weighted by Crippen LogP contribution is -3.00. The fraction of sp³-hybridized carbons (Fsp3) is 0.900. The fourth-order valence-electron chi connectivity index (χ4n) is 10.5. The predicted octanol–water partition coefficient (Wildman–Crippen LogP) is 1.99. The van der Waals surface area contributed by atoms with Crippen LogP contribution in [0.1, 0.15) is 25.7 Å². The Morgan fingerprint density at radius 3 is 0.565 bits per heavy atom. The molecule has 0 aromatic rings. The van der Waals surface area contributed by atoms with Crippen molar-refractivity contribution in [3.05, 3.63) is 0 Å². The van der Waals surface area contributed by atoms with Gasteiger partial charge in [0, 0.05) is 32.3 Å². The van der Waals surface area contributed by atoms with Crippen LogP contribution < -0.4 is 12.4 Å². The Hall–Kier alpha value is 0.640. The Labute approximate surface area is 391 Å². The lowest BCUT2D eigenvalue weighted by molar-refractivity contribution is -0.0000138. The molecular formula is C40H88ClN16P5. The highest BCUT2D eigenvalue weighted by Crippen LogP contribution is 2.75. The van der Waals surface area contributed by atoms with Crippen molar-refractivity contribution in [1.82, 2.24) is 57.9 Å². The molecule has 0 amide bonds. The average Bonchev–Trinajstić information content (AvgIpc) is 3.90. The summed E-state index contributed by atoms with van der Waals surface area (Å²) in [4.78, 5) is 19.3. The van der Waals surface area contributed by atoms with Gasteiger partial charge in [-0.1, -0.05) is 19.1 Å². The summed E-state index contributed by atoms with van der Waals surface area (Å²) in [5.74, 6) is 0. The van der Waals surface area contributed by atoms with Crippen LogP contribution in [0.15, 0.2) is 19.1 Å². The fourth-order valence-corrected chi connectivity index (χ4v) is 25.2. The molecule has 62 heavy (non-hydrogen) atoms. The molecule has 0 spiro atoms. The van der Waals surface area contributed by atoms with Gasteiger partial charge < -0.3 is 12.4 Å². The van der Waals surface area contributed by atoms with Crippen LogP contribution in [-0.2, 0) is 0 Å². The molecule has 0 aromatic heterocycles. The standard InChI is InChI=1S/C40H88N16P5.ClH/c1-45(2)37(46(3)4)25-29-57(53(17)18)33(37)41-61(42-34-38(47(5)6,48(7)8)26-30-58(34)54(19)20,43-35-39(49(9)10,50(11)12)27-31-59(35)55(21)22)44-36-40(51(13)14,52(15)16)28-32-60(36)56(23)24;/h25-32H2,1-24H3;1H/q+1;/p-1. The Morgan fingerprint density at radius 1 is 0.306 bits per heavy atom. The molecule has 16 nitrogen and oxygen atoms in total. The second-order valence-electron chi connectivity index (χ2n) is 19.5. The molecule has 360 valence electrons. The highest BCUT2D eigenvalue weighted by atomic mass is 35.5. The molecule has 4 saturated heterocycles. The van der Waals surface area contributed by atoms with Crippen molar-refractivity contribution >= 4 is 62.0 Å². The number of hydrogen-bond acceptors (Lipinski definition) is 16. The summed E-state index contributed by atoms with van der Waals surface area (Å²) in [7, 11) is 46.9. The monoisotopic (exact) mass is 983 g/mol. The Balaban J connectivity index is 0.0000102. The molecule has 4 atom stereocenters. The van der Waals surface area contributed by atoms with E-state index >= 15 is 0 Å². The predicted molar refractivity (Wildman–Crippen MR) is 277 cm³/mol. The summed E-state index contributed by atoms with van der Waals surface area (Å²) >= 11 is 0. The highest BCUT2D eigenvalue weighted by Gasteiger charge is 2.63. The Bertz CT molecular complexity index is 1380. The first kappa shape index (κ1) is 57.0. The summed E-state index contributed by atoms with van der Waals surface area (Å²) in [5, 5.41) is 0. The van der Waals surface area contributed by atoms with Gasteiger partial charge in [-0.15, -0.1) is 0 Å². The van der Waals surface area contributed by atoms with E-state index < -0.39 is 62.8 Å². The van der Waals surface area contributed by atoms with Crippen molar-refractivity contribution in [3.8, 4) is 0 Å². The molecule has 22 heteroatoms. The quantitative estimate of drug-likeness (QED) is 0.168. The molecule has 0 aliphatic carbocycles. The van der Waals surface area contributed by atoms with E-state index in [1.54, 1.807) is 0 Å². The summed E-state index contributed by atoms with van der Waals surface area (Å²) in [6.45, 7) is 0. The zero-order valence-electron chi connectivity index (χ0n) is 43.4. The van der Waals surface area contributed by atoms with Gasteiger partial charge in [-0.3, -0.25) is 57.9 Å². The third-order valence-corrected chi connectivity index (χ3v) is 26.6. The Kier molecular flexibility index (Phi) is 19.8. The molecular weight excluding hydrogens is 895 g/mol. The van der Waals surface area contributed by atoms with Gasteiger partial charge in [-0.2, -0.15) is 0 Å². The summed E-state index contributed by atoms with van der Waals surface area (Å²) < 4.78 is 35.6. The molecule has 4 unspecified atom stereocenters. The van der Waals surface area contributed by atoms with Gasteiger partial charge in [-0.25, -0.2) is 0 Å². The molecule has 4 aliphatic heterocycles. The molecule has 4 rings (SSSR count). The van der Waals surface area contributed by atoms with Crippen molar-refractivity contribution in [3.63, 3.8) is 0 Å². The van der Waals surface area contributed by atoms with E-state index in [1.165, 1.54) is 21.8 Å². The van der Waals surface area contributed by atoms with Gasteiger partial charge in [0.25, 0.3) is 0 Å². The van der Waals surface area contributed by atoms with Crippen molar-refractivity contribution < 1.29 is 12.4 Å². The van der Waals surface area contributed by atoms with E-state index in [1.807, 2.05) is 0 Å². The maximum Gasteiger partial charge on any atom is 0.495 e. The first-order chi connectivity index (χ1) is 28.1. The highest BCUT2D eigenvalue weighted by molar-refractivity contribution is 7.82. The first-order valence-electron chi connectivity index (χ1n) is 21.6. The zero-order chi connectivity index (χ0) is 46.5. The molecule has 0 saturated carbocycles. The normalized spacial score (nSPS) is 29.9. The van der Waals surface area contributed by atoms with Crippen LogP contribution in [0.25, 0.3) is 0 Å². The minimum atomic E-state index is -3.54. The lowest BCUT2D eigenvalue weighted by Gasteiger charge is -2.44. The number of nitrogens with zero attached hydrogens (tertiary/aromatic N) is 16. The van der Waals surface area contributed by atoms with Gasteiger partial charge in [0.15, 0.2) is 0 Å². The van der Waals surface area contributed by atoms with Gasteiger partial charge in [0.2, 0.25) is 0 Å². The SMILES string of the molecule is CN(C)P1CCC(N(C)C)(N(C)C)C1=N[P+](N=C1P(N(C)C)CCC1(N(C)C)N(C)C)(N=C1P(N(C)C)CCC1(N(C)C)N(C)C)N=C1P(N(C)C)CCC1(N(C)C)N(C)C.[Cl-]. The second-order valence-corrected chi connectivity index (χ2v) is 31.3. The molecule has 0 N–H and O–H groups in total. The van der Waals surface area contributed by atoms with Crippen LogP contribution in [0.4, 0.5) is 0 Å². The smallest absolute Gasteiger partial charge is 0.495 e. The van der Waals surface area contributed by atoms with Crippen molar-refractivity contribution in [1.29, 1.82) is 0 Å². The van der Waals surface area contributed by atoms with E-state index in [0.29, 0.717) is 0 Å². The van der Waals surface area contributed by atoms with Crippen LogP contribution in [-0.4, -0.2) is 296 Å². The lowest BCUT2D eigenvalue weighted by atomic mass is 10.1. The van der Waals surface area contributed by atoms with Crippen LogP contribution >= 0.6 is 40.2 Å². The maximum absolute atomic E-state index is 6.46. The average molecular weight is 984 g/mol. The number of rotatable bonds is 16. The number of hydrogen-bond donors (Lipinski definition) is 0. The summed E-state index contributed by atoms with van der Waals surface area (Å²) in [6.07, 6.45) is 8.04.